The molecule has 0 aromatic heterocycles. The number of likely N-dealkylation sites (tertiary alicyclic amines) is 1. The lowest BCUT2D eigenvalue weighted by Gasteiger charge is -2.36. The van der Waals surface area contributed by atoms with Crippen LogP contribution >= 0.6 is 0 Å². The van der Waals surface area contributed by atoms with Crippen molar-refractivity contribution < 1.29 is 14.0 Å². The van der Waals surface area contributed by atoms with E-state index in [1.807, 2.05) is 34.1 Å². The fraction of sp³-hybridized carbons (Fsp3) is 0.417. The highest BCUT2D eigenvalue weighted by atomic mass is 19.1. The fourth-order valence-corrected chi connectivity index (χ4v) is 4.24. The number of hydrogen-bond donors (Lipinski definition) is 0. The second kappa shape index (κ2) is 8.96. The Morgan fingerprint density at radius 1 is 0.867 bits per heavy atom. The summed E-state index contributed by atoms with van der Waals surface area (Å²) in [5.41, 5.74) is 2.90. The number of piperazine rings is 1. The molecule has 2 aromatic carbocycles. The highest BCUT2D eigenvalue weighted by molar-refractivity contribution is 5.94. The Kier molecular flexibility index (Phi) is 6.13. The summed E-state index contributed by atoms with van der Waals surface area (Å²) < 4.78 is 14.4. The Morgan fingerprint density at radius 3 is 2.10 bits per heavy atom. The predicted molar refractivity (Wildman–Crippen MR) is 115 cm³/mol. The van der Waals surface area contributed by atoms with Gasteiger partial charge in [0.1, 0.15) is 5.82 Å². The average molecular weight is 410 g/mol. The second-order valence-corrected chi connectivity index (χ2v) is 8.18. The summed E-state index contributed by atoms with van der Waals surface area (Å²) in [6, 6.07) is 12.7. The van der Waals surface area contributed by atoms with Gasteiger partial charge in [0.05, 0.1) is 5.69 Å². The Balaban J connectivity index is 1.31. The summed E-state index contributed by atoms with van der Waals surface area (Å²) in [4.78, 5) is 30.2. The molecule has 0 N–H and O–H groups in total. The van der Waals surface area contributed by atoms with Crippen LogP contribution in [0.2, 0.25) is 0 Å². The average Bonchev–Trinajstić information content (AvgIpc) is 3.29. The minimum absolute atomic E-state index is 0.126. The van der Waals surface area contributed by atoms with Gasteiger partial charge in [0.15, 0.2) is 5.78 Å². The van der Waals surface area contributed by atoms with Crippen molar-refractivity contribution in [2.45, 2.75) is 26.3 Å². The first-order chi connectivity index (χ1) is 14.5. The van der Waals surface area contributed by atoms with Crippen LogP contribution in [0.5, 0.6) is 0 Å². The number of rotatable bonds is 5. The molecule has 1 amide bonds. The highest BCUT2D eigenvalue weighted by Crippen LogP contribution is 2.23. The lowest BCUT2D eigenvalue weighted by atomic mass is 10.1. The maximum Gasteiger partial charge on any atom is 0.253 e. The maximum atomic E-state index is 14.4. The standard InChI is InChI=1S/C24H28FN3O2/c1-18(29)21-8-9-23(22(25)16-21)27-14-12-26(13-15-27)17-19-4-6-20(7-5-19)24(30)28-10-2-3-11-28/h4-9,16H,2-3,10-15,17H2,1H3. The molecule has 2 fully saturated rings. The molecule has 2 aromatic rings. The fourth-order valence-electron chi connectivity index (χ4n) is 4.24. The maximum absolute atomic E-state index is 14.4. The van der Waals surface area contributed by atoms with Crippen molar-refractivity contribution in [3.8, 4) is 0 Å². The molecule has 0 bridgehead atoms. The van der Waals surface area contributed by atoms with Gasteiger partial charge in [-0.25, -0.2) is 4.39 Å². The number of halogens is 1. The molecule has 2 aliphatic heterocycles. The van der Waals surface area contributed by atoms with Crippen LogP contribution in [0.4, 0.5) is 10.1 Å². The zero-order chi connectivity index (χ0) is 21.1. The van der Waals surface area contributed by atoms with Crippen molar-refractivity contribution in [1.82, 2.24) is 9.80 Å². The third kappa shape index (κ3) is 4.54. The number of nitrogens with zero attached hydrogens (tertiary/aromatic N) is 3. The minimum Gasteiger partial charge on any atom is -0.367 e. The summed E-state index contributed by atoms with van der Waals surface area (Å²) >= 11 is 0. The largest absolute Gasteiger partial charge is 0.367 e. The third-order valence-corrected chi connectivity index (χ3v) is 6.07. The molecule has 6 heteroatoms. The van der Waals surface area contributed by atoms with Gasteiger partial charge in [-0.05, 0) is 55.7 Å². The molecule has 0 unspecified atom stereocenters. The molecule has 2 heterocycles. The predicted octanol–water partition coefficient (Wildman–Crippen LogP) is 3.59. The zero-order valence-corrected chi connectivity index (χ0v) is 17.4. The van der Waals surface area contributed by atoms with Gasteiger partial charge in [0, 0.05) is 56.9 Å². The van der Waals surface area contributed by atoms with E-state index in [0.29, 0.717) is 11.3 Å². The van der Waals surface area contributed by atoms with Gasteiger partial charge >= 0.3 is 0 Å². The summed E-state index contributed by atoms with van der Waals surface area (Å²) in [6.45, 7) is 7.14. The van der Waals surface area contributed by atoms with Gasteiger partial charge in [-0.15, -0.1) is 0 Å². The molecule has 30 heavy (non-hydrogen) atoms. The number of anilines is 1. The van der Waals surface area contributed by atoms with E-state index in [0.717, 1.165) is 64.2 Å². The van der Waals surface area contributed by atoms with E-state index in [9.17, 15) is 14.0 Å². The molecule has 0 aliphatic carbocycles. The number of ketones is 1. The molecule has 4 rings (SSSR count). The van der Waals surface area contributed by atoms with E-state index < -0.39 is 0 Å². The molecule has 0 radical (unpaired) electrons. The lowest BCUT2D eigenvalue weighted by Crippen LogP contribution is -2.46. The summed E-state index contributed by atoms with van der Waals surface area (Å²) in [6.07, 6.45) is 2.20. The van der Waals surface area contributed by atoms with Crippen LogP contribution in [0.3, 0.4) is 0 Å². The smallest absolute Gasteiger partial charge is 0.253 e. The topological polar surface area (TPSA) is 43.9 Å². The molecule has 158 valence electrons. The molecule has 2 saturated heterocycles. The van der Waals surface area contributed by atoms with Gasteiger partial charge in [-0.2, -0.15) is 0 Å². The van der Waals surface area contributed by atoms with Gasteiger partial charge in [-0.1, -0.05) is 12.1 Å². The van der Waals surface area contributed by atoms with Gasteiger partial charge in [-0.3, -0.25) is 14.5 Å². The Labute approximate surface area is 177 Å². The van der Waals surface area contributed by atoms with E-state index in [2.05, 4.69) is 4.90 Å². The lowest BCUT2D eigenvalue weighted by molar-refractivity contribution is 0.0792. The first-order valence-electron chi connectivity index (χ1n) is 10.7. The number of hydrogen-bond acceptors (Lipinski definition) is 4. The van der Waals surface area contributed by atoms with Crippen molar-refractivity contribution in [2.75, 3.05) is 44.2 Å². The molecule has 0 atom stereocenters. The SMILES string of the molecule is CC(=O)c1ccc(N2CCN(Cc3ccc(C(=O)N4CCCC4)cc3)CC2)c(F)c1. The zero-order valence-electron chi connectivity index (χ0n) is 17.4. The van der Waals surface area contributed by atoms with E-state index in [-0.39, 0.29) is 17.5 Å². The number of amides is 1. The molecular formula is C24H28FN3O2. The Bertz CT molecular complexity index is 915. The van der Waals surface area contributed by atoms with Crippen LogP contribution in [-0.4, -0.2) is 60.8 Å². The second-order valence-electron chi connectivity index (χ2n) is 8.18. The monoisotopic (exact) mass is 409 g/mol. The van der Waals surface area contributed by atoms with Crippen molar-refractivity contribution in [3.05, 3.63) is 65.0 Å². The van der Waals surface area contributed by atoms with Crippen LogP contribution < -0.4 is 4.90 Å². The van der Waals surface area contributed by atoms with Crippen LogP contribution in [0.25, 0.3) is 0 Å². The van der Waals surface area contributed by atoms with Gasteiger partial charge in [0.25, 0.3) is 5.91 Å². The Hall–Kier alpha value is -2.73. The number of benzene rings is 2. The quantitative estimate of drug-likeness (QED) is 0.708. The van der Waals surface area contributed by atoms with E-state index in [1.165, 1.54) is 18.6 Å². The van der Waals surface area contributed by atoms with Crippen LogP contribution in [-0.2, 0) is 6.54 Å². The van der Waals surface area contributed by atoms with Crippen LogP contribution in [0, 0.1) is 5.82 Å². The van der Waals surface area contributed by atoms with Crippen LogP contribution in [0.1, 0.15) is 46.0 Å². The van der Waals surface area contributed by atoms with Crippen LogP contribution in [0.15, 0.2) is 42.5 Å². The van der Waals surface area contributed by atoms with E-state index in [4.69, 9.17) is 0 Å². The molecule has 2 aliphatic rings. The molecular weight excluding hydrogens is 381 g/mol. The summed E-state index contributed by atoms with van der Waals surface area (Å²) in [7, 11) is 0. The normalized spacial score (nSPS) is 17.4. The van der Waals surface area contributed by atoms with Crippen molar-refractivity contribution >= 4 is 17.4 Å². The van der Waals surface area contributed by atoms with Gasteiger partial charge in [0.2, 0.25) is 0 Å². The number of carbonyl (C=O) groups excluding carboxylic acids is 2. The number of Topliss-reactive ketones (excluding diaryl/α,β-unsaturated/α-hetero) is 1. The first-order valence-corrected chi connectivity index (χ1v) is 10.7. The Morgan fingerprint density at radius 2 is 1.50 bits per heavy atom. The van der Waals surface area contributed by atoms with Crippen molar-refractivity contribution in [2.24, 2.45) is 0 Å². The van der Waals surface area contributed by atoms with Crippen molar-refractivity contribution in [3.63, 3.8) is 0 Å². The molecule has 0 saturated carbocycles. The van der Waals surface area contributed by atoms with Gasteiger partial charge < -0.3 is 9.80 Å². The number of carbonyl (C=O) groups is 2. The summed E-state index contributed by atoms with van der Waals surface area (Å²) in [5.74, 6) is -0.335. The third-order valence-electron chi connectivity index (χ3n) is 6.07. The van der Waals surface area contributed by atoms with E-state index >= 15 is 0 Å². The minimum atomic E-state index is -0.339. The van der Waals surface area contributed by atoms with Crippen molar-refractivity contribution in [1.29, 1.82) is 0 Å². The molecule has 0 spiro atoms. The summed E-state index contributed by atoms with van der Waals surface area (Å²) in [5, 5.41) is 0. The first kappa shape index (κ1) is 20.5. The molecule has 5 nitrogen and oxygen atoms in total. The highest BCUT2D eigenvalue weighted by Gasteiger charge is 2.21. The van der Waals surface area contributed by atoms with E-state index in [1.54, 1.807) is 12.1 Å².